The molecular weight excluding hydrogens is 453 g/mol. The molecule has 1 aliphatic heterocycles. The van der Waals surface area contributed by atoms with Crippen LogP contribution >= 0.6 is 35.5 Å². The van der Waals surface area contributed by atoms with Gasteiger partial charge in [-0.25, -0.2) is 4.98 Å². The number of aromatic nitrogens is 2. The Hall–Kier alpha value is -1.17. The van der Waals surface area contributed by atoms with E-state index in [4.69, 9.17) is 0 Å². The molecule has 1 saturated heterocycles. The van der Waals surface area contributed by atoms with Crippen molar-refractivity contribution < 1.29 is 4.79 Å². The molecule has 0 aromatic carbocycles. The van der Waals surface area contributed by atoms with E-state index >= 15 is 0 Å². The number of nitrogens with one attached hydrogen (secondary N) is 2. The van der Waals surface area contributed by atoms with Crippen molar-refractivity contribution in [2.24, 2.45) is 4.99 Å². The Kier molecular flexibility index (Phi) is 7.66. The van der Waals surface area contributed by atoms with Crippen molar-refractivity contribution in [2.45, 2.75) is 32.2 Å². The Morgan fingerprint density at radius 3 is 2.60 bits per heavy atom. The van der Waals surface area contributed by atoms with Gasteiger partial charge in [0, 0.05) is 57.2 Å². The molecule has 0 atom stereocenters. The quantitative estimate of drug-likeness (QED) is 0.368. The minimum absolute atomic E-state index is 0. The molecule has 10 heteroatoms. The summed E-state index contributed by atoms with van der Waals surface area (Å²) in [5, 5.41) is 7.13. The molecule has 1 aromatic heterocycles. The molecule has 1 amide bonds. The van der Waals surface area contributed by atoms with Gasteiger partial charge in [-0.15, -0.1) is 24.0 Å². The maximum atomic E-state index is 11.8. The van der Waals surface area contributed by atoms with E-state index in [0.29, 0.717) is 6.04 Å². The van der Waals surface area contributed by atoms with Gasteiger partial charge >= 0.3 is 0 Å². The standard InChI is InChI=1S/C15H25N7OS.HI/c1-3-12-19-15(24-20-12)22-8-6-21(7-9-22)14(16-2)17-10-13(23)18-11-4-5-11;/h11H,3-10H2,1-2H3,(H,16,17)(H,18,23);1H. The van der Waals surface area contributed by atoms with Crippen LogP contribution in [0.5, 0.6) is 0 Å². The number of amides is 1. The number of hydrogen-bond acceptors (Lipinski definition) is 6. The highest BCUT2D eigenvalue weighted by molar-refractivity contribution is 14.0. The molecule has 0 radical (unpaired) electrons. The van der Waals surface area contributed by atoms with E-state index in [1.807, 2.05) is 0 Å². The summed E-state index contributed by atoms with van der Waals surface area (Å²) in [6.07, 6.45) is 3.08. The lowest BCUT2D eigenvalue weighted by Crippen LogP contribution is -2.53. The van der Waals surface area contributed by atoms with E-state index in [1.54, 1.807) is 7.05 Å². The van der Waals surface area contributed by atoms with Gasteiger partial charge in [-0.3, -0.25) is 9.79 Å². The molecule has 0 spiro atoms. The summed E-state index contributed by atoms with van der Waals surface area (Å²) < 4.78 is 4.35. The van der Waals surface area contributed by atoms with Gasteiger partial charge in [0.05, 0.1) is 6.54 Å². The van der Waals surface area contributed by atoms with Crippen molar-refractivity contribution in [3.05, 3.63) is 5.82 Å². The van der Waals surface area contributed by atoms with Gasteiger partial charge in [-0.1, -0.05) is 6.92 Å². The van der Waals surface area contributed by atoms with Gasteiger partial charge in [0.2, 0.25) is 11.0 Å². The number of rotatable bonds is 5. The molecule has 1 aliphatic carbocycles. The second kappa shape index (κ2) is 9.51. The zero-order valence-corrected chi connectivity index (χ0v) is 17.8. The minimum Gasteiger partial charge on any atom is -0.352 e. The van der Waals surface area contributed by atoms with Gasteiger partial charge in [0.25, 0.3) is 0 Å². The van der Waals surface area contributed by atoms with Crippen LogP contribution in [0.15, 0.2) is 4.99 Å². The molecule has 3 rings (SSSR count). The van der Waals surface area contributed by atoms with Crippen LogP contribution in [-0.2, 0) is 11.2 Å². The lowest BCUT2D eigenvalue weighted by atomic mass is 10.3. The highest BCUT2D eigenvalue weighted by atomic mass is 127. The molecular formula is C15H26IN7OS. The fourth-order valence-corrected chi connectivity index (χ4v) is 3.43. The van der Waals surface area contributed by atoms with Crippen molar-refractivity contribution in [3.8, 4) is 0 Å². The van der Waals surface area contributed by atoms with Crippen LogP contribution in [0.25, 0.3) is 0 Å². The first-order chi connectivity index (χ1) is 11.7. The van der Waals surface area contributed by atoms with Crippen LogP contribution < -0.4 is 15.5 Å². The molecule has 0 unspecified atom stereocenters. The van der Waals surface area contributed by atoms with Crippen LogP contribution in [-0.4, -0.2) is 71.9 Å². The Balaban J connectivity index is 0.00000225. The fourth-order valence-electron chi connectivity index (χ4n) is 2.62. The highest BCUT2D eigenvalue weighted by Gasteiger charge is 2.24. The number of carbonyl (C=O) groups is 1. The van der Waals surface area contributed by atoms with E-state index in [1.165, 1.54) is 11.5 Å². The minimum atomic E-state index is 0. The van der Waals surface area contributed by atoms with Crippen molar-refractivity contribution >= 4 is 52.5 Å². The maximum Gasteiger partial charge on any atom is 0.239 e. The summed E-state index contributed by atoms with van der Waals surface area (Å²) in [6.45, 7) is 5.81. The summed E-state index contributed by atoms with van der Waals surface area (Å²) >= 11 is 1.47. The number of aryl methyl sites for hydroxylation is 1. The first-order valence-corrected chi connectivity index (χ1v) is 9.29. The van der Waals surface area contributed by atoms with Crippen molar-refractivity contribution in [3.63, 3.8) is 0 Å². The molecule has 2 fully saturated rings. The average Bonchev–Trinajstić information content (AvgIpc) is 3.28. The molecule has 2 heterocycles. The zero-order chi connectivity index (χ0) is 16.9. The predicted molar refractivity (Wildman–Crippen MR) is 111 cm³/mol. The van der Waals surface area contributed by atoms with Crippen LogP contribution in [0.1, 0.15) is 25.6 Å². The number of anilines is 1. The number of carbonyl (C=O) groups excluding carboxylic acids is 1. The molecule has 0 bridgehead atoms. The molecule has 2 aliphatic rings. The Labute approximate surface area is 169 Å². The SMILES string of the molecule is CCc1nsc(N2CCN(C(=NC)NCC(=O)NC3CC3)CC2)n1.I. The zero-order valence-electron chi connectivity index (χ0n) is 14.7. The number of halogens is 1. The van der Waals surface area contributed by atoms with Gasteiger partial charge in [-0.05, 0) is 12.8 Å². The Morgan fingerprint density at radius 1 is 1.32 bits per heavy atom. The summed E-state index contributed by atoms with van der Waals surface area (Å²) in [7, 11) is 1.76. The number of hydrogen-bond donors (Lipinski definition) is 2. The summed E-state index contributed by atoms with van der Waals surface area (Å²) in [5.41, 5.74) is 0. The third-order valence-corrected chi connectivity index (χ3v) is 5.00. The summed E-state index contributed by atoms with van der Waals surface area (Å²) in [4.78, 5) is 25.1. The number of aliphatic imine (C=N–C) groups is 1. The van der Waals surface area contributed by atoms with Gasteiger partial charge in [0.1, 0.15) is 5.82 Å². The molecule has 8 nitrogen and oxygen atoms in total. The van der Waals surface area contributed by atoms with Crippen LogP contribution in [0.3, 0.4) is 0 Å². The van der Waals surface area contributed by atoms with E-state index in [2.05, 4.69) is 41.7 Å². The molecule has 1 aromatic rings. The predicted octanol–water partition coefficient (Wildman–Crippen LogP) is 0.694. The molecule has 2 N–H and O–H groups in total. The summed E-state index contributed by atoms with van der Waals surface area (Å²) in [6, 6.07) is 0.393. The van der Waals surface area contributed by atoms with Gasteiger partial charge < -0.3 is 20.4 Å². The van der Waals surface area contributed by atoms with E-state index in [9.17, 15) is 4.79 Å². The molecule has 140 valence electrons. The van der Waals surface area contributed by atoms with Crippen LogP contribution in [0, 0.1) is 0 Å². The number of nitrogens with zero attached hydrogens (tertiary/aromatic N) is 5. The third kappa shape index (κ3) is 5.66. The highest BCUT2D eigenvalue weighted by Crippen LogP contribution is 2.19. The Morgan fingerprint density at radius 2 is 2.04 bits per heavy atom. The first kappa shape index (κ1) is 20.1. The molecule has 1 saturated carbocycles. The fraction of sp³-hybridized carbons (Fsp3) is 0.733. The van der Waals surface area contributed by atoms with Crippen LogP contribution in [0.4, 0.5) is 5.13 Å². The third-order valence-electron chi connectivity index (χ3n) is 4.18. The average molecular weight is 479 g/mol. The van der Waals surface area contributed by atoms with Crippen molar-refractivity contribution in [2.75, 3.05) is 44.7 Å². The lowest BCUT2D eigenvalue weighted by Gasteiger charge is -2.36. The second-order valence-electron chi connectivity index (χ2n) is 6.06. The Bertz CT molecular complexity index is 596. The number of guanidine groups is 1. The van der Waals surface area contributed by atoms with Crippen molar-refractivity contribution in [1.29, 1.82) is 0 Å². The van der Waals surface area contributed by atoms with E-state index < -0.39 is 0 Å². The maximum absolute atomic E-state index is 11.8. The van der Waals surface area contributed by atoms with Crippen molar-refractivity contribution in [1.82, 2.24) is 24.9 Å². The van der Waals surface area contributed by atoms with Crippen LogP contribution in [0.2, 0.25) is 0 Å². The van der Waals surface area contributed by atoms with Gasteiger partial charge in [-0.2, -0.15) is 4.37 Å². The summed E-state index contributed by atoms with van der Waals surface area (Å²) in [5.74, 6) is 1.74. The normalized spacial score (nSPS) is 17.9. The van der Waals surface area contributed by atoms with E-state index in [0.717, 1.165) is 62.4 Å². The van der Waals surface area contributed by atoms with Gasteiger partial charge in [0.15, 0.2) is 5.96 Å². The topological polar surface area (TPSA) is 85.8 Å². The first-order valence-electron chi connectivity index (χ1n) is 8.52. The number of piperazine rings is 1. The largest absolute Gasteiger partial charge is 0.352 e. The lowest BCUT2D eigenvalue weighted by molar-refractivity contribution is -0.120. The second-order valence-corrected chi connectivity index (χ2v) is 6.79. The van der Waals surface area contributed by atoms with E-state index in [-0.39, 0.29) is 36.4 Å². The smallest absolute Gasteiger partial charge is 0.239 e. The monoisotopic (exact) mass is 479 g/mol. The molecule has 25 heavy (non-hydrogen) atoms.